The highest BCUT2D eigenvalue weighted by molar-refractivity contribution is 6.31. The average Bonchev–Trinajstić information content (AvgIpc) is 2.97. The number of benzene rings is 2. The summed E-state index contributed by atoms with van der Waals surface area (Å²) in [6.45, 7) is 2.05. The Hall–Kier alpha value is -2.73. The van der Waals surface area contributed by atoms with Gasteiger partial charge in [0.05, 0.1) is 7.11 Å². The molecule has 0 atom stereocenters. The maximum absolute atomic E-state index is 11.2. The molecular formula is C17H15ClN2O4. The van der Waals surface area contributed by atoms with Crippen LogP contribution in [0.15, 0.2) is 40.8 Å². The van der Waals surface area contributed by atoms with Gasteiger partial charge in [0.2, 0.25) is 5.89 Å². The van der Waals surface area contributed by atoms with E-state index in [0.29, 0.717) is 33.4 Å². The van der Waals surface area contributed by atoms with E-state index in [9.17, 15) is 4.79 Å². The monoisotopic (exact) mass is 346 g/mol. The summed E-state index contributed by atoms with van der Waals surface area (Å²) in [7, 11) is 1.32. The third-order valence-electron chi connectivity index (χ3n) is 3.38. The number of hydrogen-bond acceptors (Lipinski definition) is 5. The van der Waals surface area contributed by atoms with Crippen LogP contribution in [0.5, 0.6) is 5.75 Å². The lowest BCUT2D eigenvalue weighted by atomic mass is 10.2. The Morgan fingerprint density at radius 2 is 2.12 bits per heavy atom. The van der Waals surface area contributed by atoms with Crippen molar-refractivity contribution in [1.29, 1.82) is 0 Å². The number of halogens is 1. The molecule has 0 saturated carbocycles. The number of amides is 1. The lowest BCUT2D eigenvalue weighted by Crippen LogP contribution is -2.11. The molecule has 6 nitrogen and oxygen atoms in total. The van der Waals surface area contributed by atoms with Crippen molar-refractivity contribution < 1.29 is 18.7 Å². The number of oxazole rings is 1. The van der Waals surface area contributed by atoms with Gasteiger partial charge in [-0.2, -0.15) is 0 Å². The number of aromatic nitrogens is 1. The molecule has 0 radical (unpaired) electrons. The summed E-state index contributed by atoms with van der Waals surface area (Å²) in [5.41, 5.74) is 2.86. The fraction of sp³-hybridized carbons (Fsp3) is 0.176. The first kappa shape index (κ1) is 16.1. The van der Waals surface area contributed by atoms with Crippen LogP contribution >= 0.6 is 11.6 Å². The van der Waals surface area contributed by atoms with Gasteiger partial charge >= 0.3 is 6.09 Å². The Bertz CT molecular complexity index is 891. The van der Waals surface area contributed by atoms with Gasteiger partial charge in [0.1, 0.15) is 11.3 Å². The van der Waals surface area contributed by atoms with E-state index in [1.165, 1.54) is 7.11 Å². The minimum Gasteiger partial charge on any atom is -0.484 e. The zero-order valence-electron chi connectivity index (χ0n) is 13.1. The number of nitrogens with zero attached hydrogens (tertiary/aromatic N) is 1. The van der Waals surface area contributed by atoms with Crippen molar-refractivity contribution >= 4 is 34.5 Å². The summed E-state index contributed by atoms with van der Waals surface area (Å²) in [5.74, 6) is 1.10. The van der Waals surface area contributed by atoms with Crippen molar-refractivity contribution in [2.24, 2.45) is 0 Å². The number of methoxy groups -OCH3 is 1. The van der Waals surface area contributed by atoms with Gasteiger partial charge < -0.3 is 13.9 Å². The Morgan fingerprint density at radius 1 is 1.29 bits per heavy atom. The third kappa shape index (κ3) is 3.60. The SMILES string of the molecule is COC(=O)Nc1ccc(OCc2nc3cc(Cl)ccc3o2)cc1C. The second kappa shape index (κ2) is 6.80. The van der Waals surface area contributed by atoms with Crippen molar-refractivity contribution in [2.45, 2.75) is 13.5 Å². The zero-order valence-corrected chi connectivity index (χ0v) is 13.9. The molecule has 3 aromatic rings. The van der Waals surface area contributed by atoms with Gasteiger partial charge in [0.15, 0.2) is 12.2 Å². The van der Waals surface area contributed by atoms with E-state index in [1.807, 2.05) is 13.0 Å². The van der Waals surface area contributed by atoms with E-state index in [2.05, 4.69) is 15.0 Å². The van der Waals surface area contributed by atoms with Gasteiger partial charge in [0.25, 0.3) is 0 Å². The minimum atomic E-state index is -0.517. The lowest BCUT2D eigenvalue weighted by molar-refractivity contribution is 0.187. The molecule has 7 heteroatoms. The fourth-order valence-electron chi connectivity index (χ4n) is 2.18. The first-order valence-electron chi connectivity index (χ1n) is 7.18. The highest BCUT2D eigenvalue weighted by Crippen LogP contribution is 2.24. The Balaban J connectivity index is 1.69. The predicted octanol–water partition coefficient (Wildman–Crippen LogP) is 4.55. The zero-order chi connectivity index (χ0) is 17.1. The lowest BCUT2D eigenvalue weighted by Gasteiger charge is -2.09. The molecule has 0 spiro atoms. The number of ether oxygens (including phenoxy) is 2. The summed E-state index contributed by atoms with van der Waals surface area (Å²) in [6, 6.07) is 10.6. The fourth-order valence-corrected chi connectivity index (χ4v) is 2.35. The van der Waals surface area contributed by atoms with Gasteiger partial charge in [0, 0.05) is 10.7 Å². The number of fused-ring (bicyclic) bond motifs is 1. The molecule has 2 aromatic carbocycles. The standard InChI is InChI=1S/C17H15ClN2O4/c1-10-7-12(4-5-13(10)20-17(21)22-2)23-9-16-19-14-8-11(18)3-6-15(14)24-16/h3-8H,9H2,1-2H3,(H,20,21). The molecule has 0 aliphatic carbocycles. The number of nitrogens with one attached hydrogen (secondary N) is 1. The van der Waals surface area contributed by atoms with E-state index in [4.69, 9.17) is 20.8 Å². The van der Waals surface area contributed by atoms with Crippen LogP contribution < -0.4 is 10.1 Å². The molecule has 3 rings (SSSR count). The number of anilines is 1. The molecule has 0 aliphatic rings. The van der Waals surface area contributed by atoms with Crippen LogP contribution in [-0.2, 0) is 11.3 Å². The van der Waals surface area contributed by atoms with Crippen LogP contribution in [-0.4, -0.2) is 18.2 Å². The van der Waals surface area contributed by atoms with Crippen molar-refractivity contribution in [3.05, 3.63) is 52.9 Å². The number of carbonyl (C=O) groups is 1. The van der Waals surface area contributed by atoms with Crippen molar-refractivity contribution in [3.8, 4) is 5.75 Å². The molecule has 24 heavy (non-hydrogen) atoms. The maximum atomic E-state index is 11.2. The second-order valence-corrected chi connectivity index (χ2v) is 5.54. The van der Waals surface area contributed by atoms with Gasteiger partial charge in [-0.15, -0.1) is 0 Å². The minimum absolute atomic E-state index is 0.190. The van der Waals surface area contributed by atoms with Gasteiger partial charge in [-0.3, -0.25) is 5.32 Å². The topological polar surface area (TPSA) is 73.6 Å². The smallest absolute Gasteiger partial charge is 0.411 e. The van der Waals surface area contributed by atoms with Crippen LogP contribution in [0.3, 0.4) is 0 Å². The number of rotatable bonds is 4. The Morgan fingerprint density at radius 3 is 2.88 bits per heavy atom. The molecule has 1 amide bonds. The average molecular weight is 347 g/mol. The molecular weight excluding hydrogens is 332 g/mol. The normalized spacial score (nSPS) is 10.6. The summed E-state index contributed by atoms with van der Waals surface area (Å²) in [4.78, 5) is 15.6. The highest BCUT2D eigenvalue weighted by Gasteiger charge is 2.09. The third-order valence-corrected chi connectivity index (χ3v) is 3.61. The number of hydrogen-bond donors (Lipinski definition) is 1. The van der Waals surface area contributed by atoms with Crippen molar-refractivity contribution in [2.75, 3.05) is 12.4 Å². The van der Waals surface area contributed by atoms with Crippen LogP contribution in [0, 0.1) is 6.92 Å². The van der Waals surface area contributed by atoms with Crippen LogP contribution in [0.2, 0.25) is 5.02 Å². The van der Waals surface area contributed by atoms with Crippen molar-refractivity contribution in [1.82, 2.24) is 4.98 Å². The van der Waals surface area contributed by atoms with Crippen LogP contribution in [0.4, 0.5) is 10.5 Å². The second-order valence-electron chi connectivity index (χ2n) is 5.10. The highest BCUT2D eigenvalue weighted by atomic mass is 35.5. The predicted molar refractivity (Wildman–Crippen MR) is 90.6 cm³/mol. The van der Waals surface area contributed by atoms with E-state index >= 15 is 0 Å². The molecule has 0 bridgehead atoms. The maximum Gasteiger partial charge on any atom is 0.411 e. The van der Waals surface area contributed by atoms with Gasteiger partial charge in [-0.05, 0) is 48.9 Å². The molecule has 0 fully saturated rings. The van der Waals surface area contributed by atoms with Crippen LogP contribution in [0.25, 0.3) is 11.1 Å². The first-order chi connectivity index (χ1) is 11.5. The quantitative estimate of drug-likeness (QED) is 0.750. The van der Waals surface area contributed by atoms with Crippen molar-refractivity contribution in [3.63, 3.8) is 0 Å². The Labute approximate surface area is 143 Å². The van der Waals surface area contributed by atoms with E-state index in [-0.39, 0.29) is 6.61 Å². The molecule has 0 saturated heterocycles. The molecule has 0 unspecified atom stereocenters. The summed E-state index contributed by atoms with van der Waals surface area (Å²) >= 11 is 5.93. The number of aryl methyl sites for hydroxylation is 1. The van der Waals surface area contributed by atoms with Gasteiger partial charge in [-0.1, -0.05) is 11.6 Å². The first-order valence-corrected chi connectivity index (χ1v) is 7.56. The molecule has 124 valence electrons. The van der Waals surface area contributed by atoms with E-state index in [0.717, 1.165) is 5.56 Å². The summed E-state index contributed by atoms with van der Waals surface area (Å²) < 4.78 is 15.9. The molecule has 1 aromatic heterocycles. The summed E-state index contributed by atoms with van der Waals surface area (Å²) in [5, 5.41) is 3.23. The molecule has 0 aliphatic heterocycles. The number of carbonyl (C=O) groups excluding carboxylic acids is 1. The Kier molecular flexibility index (Phi) is 4.57. The summed E-state index contributed by atoms with van der Waals surface area (Å²) in [6.07, 6.45) is -0.517. The van der Waals surface area contributed by atoms with Gasteiger partial charge in [-0.25, -0.2) is 9.78 Å². The van der Waals surface area contributed by atoms with Crippen LogP contribution in [0.1, 0.15) is 11.5 Å². The largest absolute Gasteiger partial charge is 0.484 e. The van der Waals surface area contributed by atoms with E-state index in [1.54, 1.807) is 30.3 Å². The molecule has 1 N–H and O–H groups in total. The van der Waals surface area contributed by atoms with E-state index < -0.39 is 6.09 Å². The molecule has 1 heterocycles.